The number of benzene rings is 1. The van der Waals surface area contributed by atoms with Gasteiger partial charge in [-0.1, -0.05) is 30.3 Å². The summed E-state index contributed by atoms with van der Waals surface area (Å²) in [7, 11) is 0. The van der Waals surface area contributed by atoms with Crippen molar-refractivity contribution in [3.05, 3.63) is 35.9 Å². The molecule has 4 heteroatoms. The fourth-order valence-electron chi connectivity index (χ4n) is 1.50. The molecule has 0 spiro atoms. The topological polar surface area (TPSA) is 36.9 Å². The zero-order chi connectivity index (χ0) is 15.9. The van der Waals surface area contributed by atoms with Gasteiger partial charge in [-0.15, -0.1) is 0 Å². The molecule has 0 aliphatic rings. The maximum absolute atomic E-state index is 5.52. The van der Waals surface area contributed by atoms with Crippen LogP contribution in [0.15, 0.2) is 30.3 Å². The van der Waals surface area contributed by atoms with E-state index in [-0.39, 0.29) is 17.3 Å². The Morgan fingerprint density at radius 1 is 0.857 bits per heavy atom. The number of hydrogen-bond donors (Lipinski definition) is 0. The summed E-state index contributed by atoms with van der Waals surface area (Å²) < 4.78 is 0. The van der Waals surface area contributed by atoms with Crippen molar-refractivity contribution in [2.75, 3.05) is 6.61 Å². The van der Waals surface area contributed by atoms with Gasteiger partial charge in [0.05, 0.1) is 11.2 Å². The molecule has 0 saturated heterocycles. The van der Waals surface area contributed by atoms with E-state index in [1.807, 2.05) is 59.7 Å². The highest BCUT2D eigenvalue weighted by Crippen LogP contribution is 2.14. The van der Waals surface area contributed by atoms with Crippen LogP contribution in [0.3, 0.4) is 0 Å². The van der Waals surface area contributed by atoms with Gasteiger partial charge in [-0.05, 0) is 47.1 Å². The van der Waals surface area contributed by atoms with Crippen LogP contribution in [-0.4, -0.2) is 23.9 Å². The van der Waals surface area contributed by atoms with Gasteiger partial charge in [-0.2, -0.15) is 0 Å². The molecule has 0 aliphatic carbocycles. The molecule has 1 aromatic carbocycles. The Morgan fingerprint density at radius 2 is 1.43 bits per heavy atom. The van der Waals surface area contributed by atoms with Gasteiger partial charge >= 0.3 is 0 Å². The Bertz CT molecular complexity index is 389. The van der Waals surface area contributed by atoms with E-state index in [0.29, 0.717) is 13.0 Å². The molecule has 1 unspecified atom stereocenters. The molecule has 0 bridgehead atoms. The zero-order valence-corrected chi connectivity index (χ0v) is 14.0. The van der Waals surface area contributed by atoms with Crippen molar-refractivity contribution in [3.63, 3.8) is 0 Å². The molecular formula is C17H28O4. The summed E-state index contributed by atoms with van der Waals surface area (Å²) in [6.45, 7) is 11.9. The van der Waals surface area contributed by atoms with Crippen LogP contribution in [-0.2, 0) is 26.0 Å². The highest BCUT2D eigenvalue weighted by molar-refractivity contribution is 5.15. The fraction of sp³-hybridized carbons (Fsp3) is 0.647. The minimum Gasteiger partial charge on any atom is -0.233 e. The summed E-state index contributed by atoms with van der Waals surface area (Å²) in [5.74, 6) is 0. The molecule has 0 saturated carbocycles. The first kappa shape index (κ1) is 18.1. The van der Waals surface area contributed by atoms with E-state index in [1.165, 1.54) is 5.56 Å². The van der Waals surface area contributed by atoms with Crippen molar-refractivity contribution in [1.29, 1.82) is 0 Å². The largest absolute Gasteiger partial charge is 0.233 e. The highest BCUT2D eigenvalue weighted by Gasteiger charge is 2.20. The maximum Gasteiger partial charge on any atom is 0.123 e. The van der Waals surface area contributed by atoms with E-state index >= 15 is 0 Å². The molecule has 0 N–H and O–H groups in total. The van der Waals surface area contributed by atoms with E-state index < -0.39 is 0 Å². The van der Waals surface area contributed by atoms with Crippen LogP contribution in [0.5, 0.6) is 0 Å². The van der Waals surface area contributed by atoms with Gasteiger partial charge in [0, 0.05) is 6.42 Å². The molecule has 0 radical (unpaired) electrons. The Labute approximate surface area is 128 Å². The van der Waals surface area contributed by atoms with E-state index in [9.17, 15) is 0 Å². The van der Waals surface area contributed by atoms with Gasteiger partial charge in [0.1, 0.15) is 12.7 Å². The van der Waals surface area contributed by atoms with Crippen LogP contribution in [0.1, 0.15) is 47.1 Å². The quantitative estimate of drug-likeness (QED) is 0.561. The van der Waals surface area contributed by atoms with E-state index in [1.54, 1.807) is 0 Å². The first-order valence-electron chi connectivity index (χ1n) is 7.35. The lowest BCUT2D eigenvalue weighted by molar-refractivity contribution is -0.409. The van der Waals surface area contributed by atoms with Crippen LogP contribution >= 0.6 is 0 Å². The molecular weight excluding hydrogens is 268 g/mol. The smallest absolute Gasteiger partial charge is 0.123 e. The van der Waals surface area contributed by atoms with Crippen LogP contribution in [0.2, 0.25) is 0 Å². The average molecular weight is 296 g/mol. The second-order valence-electron chi connectivity index (χ2n) is 7.08. The van der Waals surface area contributed by atoms with E-state index in [4.69, 9.17) is 19.6 Å². The Morgan fingerprint density at radius 3 is 1.95 bits per heavy atom. The monoisotopic (exact) mass is 296 g/mol. The van der Waals surface area contributed by atoms with Crippen molar-refractivity contribution in [3.8, 4) is 0 Å². The SMILES string of the molecule is CC(C)(C)OOCC(Cc1ccccc1)OOC(C)(C)C. The third-order valence-electron chi connectivity index (χ3n) is 2.30. The first-order valence-corrected chi connectivity index (χ1v) is 7.35. The highest BCUT2D eigenvalue weighted by atomic mass is 17.2. The summed E-state index contributed by atoms with van der Waals surface area (Å²) in [6, 6.07) is 10.1. The molecule has 1 rings (SSSR count). The lowest BCUT2D eigenvalue weighted by Crippen LogP contribution is -2.30. The second kappa shape index (κ2) is 7.90. The van der Waals surface area contributed by atoms with Gasteiger partial charge in [0.25, 0.3) is 0 Å². The molecule has 0 aromatic heterocycles. The molecule has 0 fully saturated rings. The van der Waals surface area contributed by atoms with Crippen molar-refractivity contribution in [1.82, 2.24) is 0 Å². The van der Waals surface area contributed by atoms with Gasteiger partial charge in [-0.25, -0.2) is 19.6 Å². The van der Waals surface area contributed by atoms with Crippen LogP contribution in [0.25, 0.3) is 0 Å². The van der Waals surface area contributed by atoms with Crippen LogP contribution in [0.4, 0.5) is 0 Å². The normalized spacial score (nSPS) is 14.2. The van der Waals surface area contributed by atoms with E-state index in [2.05, 4.69) is 12.1 Å². The fourth-order valence-corrected chi connectivity index (χ4v) is 1.50. The predicted octanol–water partition coefficient (Wildman–Crippen LogP) is 4.09. The van der Waals surface area contributed by atoms with Crippen molar-refractivity contribution < 1.29 is 19.6 Å². The number of rotatable bonds is 7. The van der Waals surface area contributed by atoms with Crippen molar-refractivity contribution in [2.24, 2.45) is 0 Å². The summed E-state index contributed by atoms with van der Waals surface area (Å²) in [4.78, 5) is 21.5. The summed E-state index contributed by atoms with van der Waals surface area (Å²) in [5, 5.41) is 0. The van der Waals surface area contributed by atoms with Gasteiger partial charge < -0.3 is 0 Å². The van der Waals surface area contributed by atoms with Crippen LogP contribution < -0.4 is 0 Å². The lowest BCUT2D eigenvalue weighted by atomic mass is 10.1. The third-order valence-corrected chi connectivity index (χ3v) is 2.30. The summed E-state index contributed by atoms with van der Waals surface area (Å²) in [5.41, 5.74) is 0.460. The third kappa shape index (κ3) is 9.58. The summed E-state index contributed by atoms with van der Waals surface area (Å²) >= 11 is 0. The molecule has 0 aliphatic heterocycles. The average Bonchev–Trinajstić information content (AvgIpc) is 2.34. The first-order chi connectivity index (χ1) is 9.66. The zero-order valence-electron chi connectivity index (χ0n) is 14.0. The minimum absolute atomic E-state index is 0.228. The van der Waals surface area contributed by atoms with Gasteiger partial charge in [0.15, 0.2) is 0 Å². The van der Waals surface area contributed by atoms with Crippen LogP contribution in [0, 0.1) is 0 Å². The molecule has 0 heterocycles. The molecule has 0 amide bonds. The maximum atomic E-state index is 5.52. The predicted molar refractivity (Wildman–Crippen MR) is 82.6 cm³/mol. The second-order valence-corrected chi connectivity index (χ2v) is 7.08. The summed E-state index contributed by atoms with van der Waals surface area (Å²) in [6.07, 6.45) is 0.471. The van der Waals surface area contributed by atoms with Crippen molar-refractivity contribution >= 4 is 0 Å². The molecule has 1 atom stereocenters. The Balaban J connectivity index is 2.53. The molecule has 21 heavy (non-hydrogen) atoms. The Kier molecular flexibility index (Phi) is 6.81. The molecule has 4 nitrogen and oxygen atoms in total. The van der Waals surface area contributed by atoms with Crippen molar-refractivity contribution in [2.45, 2.75) is 65.3 Å². The van der Waals surface area contributed by atoms with Gasteiger partial charge in [-0.3, -0.25) is 0 Å². The molecule has 1 aromatic rings. The number of hydrogen-bond acceptors (Lipinski definition) is 4. The minimum atomic E-state index is -0.361. The van der Waals surface area contributed by atoms with E-state index in [0.717, 1.165) is 0 Å². The lowest BCUT2D eigenvalue weighted by Gasteiger charge is -2.24. The standard InChI is InChI=1S/C17H28O4/c1-16(2,3)20-18-13-15(19-21-17(4,5)6)12-14-10-8-7-9-11-14/h7-11,15H,12-13H2,1-6H3. The Hall–Kier alpha value is -0.940. The van der Waals surface area contributed by atoms with Gasteiger partial charge in [0.2, 0.25) is 0 Å². The molecule has 120 valence electrons.